The topological polar surface area (TPSA) is 153 Å². The molecule has 1 unspecified atom stereocenters. The van der Waals surface area contributed by atoms with Crippen LogP contribution in [0, 0.1) is 0 Å². The molecule has 4 amide bonds. The molecule has 1 heterocycles. The minimum atomic E-state index is -1.64. The van der Waals surface area contributed by atoms with Crippen molar-refractivity contribution >= 4 is 29.8 Å². The van der Waals surface area contributed by atoms with Crippen molar-refractivity contribution in [3.63, 3.8) is 0 Å². The zero-order valence-electron chi connectivity index (χ0n) is 11.4. The van der Waals surface area contributed by atoms with Gasteiger partial charge >= 0.3 is 18.0 Å². The number of nitrogens with one attached hydrogen (secondary N) is 2. The van der Waals surface area contributed by atoms with Crippen LogP contribution in [0.2, 0.25) is 0 Å². The van der Waals surface area contributed by atoms with Crippen molar-refractivity contribution in [2.24, 2.45) is 0 Å². The Morgan fingerprint density at radius 1 is 1.29 bits per heavy atom. The molecule has 0 bridgehead atoms. The van der Waals surface area contributed by atoms with E-state index in [2.05, 4.69) is 5.32 Å². The monoisotopic (exact) mass is 301 g/mol. The minimum Gasteiger partial charge on any atom is -0.481 e. The number of aliphatic carboxylic acids is 2. The van der Waals surface area contributed by atoms with Crippen molar-refractivity contribution in [3.8, 4) is 0 Å². The maximum atomic E-state index is 11.8. The maximum absolute atomic E-state index is 11.8. The first-order chi connectivity index (χ1) is 9.54. The summed E-state index contributed by atoms with van der Waals surface area (Å²) in [6.45, 7) is 2.22. The molecule has 1 fully saturated rings. The maximum Gasteiger partial charge on any atom is 0.326 e. The largest absolute Gasteiger partial charge is 0.481 e. The predicted molar refractivity (Wildman–Crippen MR) is 66.1 cm³/mol. The molecule has 1 saturated heterocycles. The van der Waals surface area contributed by atoms with Gasteiger partial charge < -0.3 is 20.8 Å². The molecule has 116 valence electrons. The lowest BCUT2D eigenvalue weighted by molar-refractivity contribution is -0.147. The first-order valence-corrected chi connectivity index (χ1v) is 5.92. The second kappa shape index (κ2) is 5.77. The van der Waals surface area contributed by atoms with Crippen molar-refractivity contribution in [2.45, 2.75) is 31.8 Å². The molecule has 0 aromatic heterocycles. The van der Waals surface area contributed by atoms with Gasteiger partial charge in [0, 0.05) is 0 Å². The van der Waals surface area contributed by atoms with Gasteiger partial charge in [0.2, 0.25) is 5.91 Å². The SMILES string of the molecule is CC1(C)NC(=O)N(CC(=O)NC(CC(=O)O)C(=O)O)C1=O. The van der Waals surface area contributed by atoms with Crippen LogP contribution in [0.15, 0.2) is 0 Å². The van der Waals surface area contributed by atoms with E-state index in [4.69, 9.17) is 10.2 Å². The van der Waals surface area contributed by atoms with Crippen LogP contribution < -0.4 is 10.6 Å². The van der Waals surface area contributed by atoms with Gasteiger partial charge in [0.15, 0.2) is 0 Å². The molecular weight excluding hydrogens is 286 g/mol. The third kappa shape index (κ3) is 3.91. The molecule has 1 aliphatic rings. The van der Waals surface area contributed by atoms with Gasteiger partial charge in [-0.05, 0) is 13.8 Å². The summed E-state index contributed by atoms with van der Waals surface area (Å²) in [7, 11) is 0. The normalized spacial score (nSPS) is 18.1. The summed E-state index contributed by atoms with van der Waals surface area (Å²) >= 11 is 0. The summed E-state index contributed by atoms with van der Waals surface area (Å²) in [6.07, 6.45) is -0.813. The van der Waals surface area contributed by atoms with Gasteiger partial charge in [-0.25, -0.2) is 9.59 Å². The first-order valence-electron chi connectivity index (χ1n) is 5.92. The van der Waals surface area contributed by atoms with Crippen LogP contribution >= 0.6 is 0 Å². The Labute approximate surface area is 119 Å². The highest BCUT2D eigenvalue weighted by Gasteiger charge is 2.45. The molecule has 10 nitrogen and oxygen atoms in total. The van der Waals surface area contributed by atoms with Gasteiger partial charge in [-0.15, -0.1) is 0 Å². The van der Waals surface area contributed by atoms with E-state index in [9.17, 15) is 24.0 Å². The summed E-state index contributed by atoms with van der Waals surface area (Å²) in [5.74, 6) is -4.50. The number of carbonyl (C=O) groups excluding carboxylic acids is 3. The summed E-state index contributed by atoms with van der Waals surface area (Å²) in [6, 6.07) is -2.41. The Morgan fingerprint density at radius 2 is 1.86 bits per heavy atom. The van der Waals surface area contributed by atoms with Gasteiger partial charge in [-0.3, -0.25) is 19.3 Å². The highest BCUT2D eigenvalue weighted by molar-refractivity contribution is 6.08. The molecule has 0 aliphatic carbocycles. The van der Waals surface area contributed by atoms with E-state index in [-0.39, 0.29) is 0 Å². The molecule has 0 radical (unpaired) electrons. The number of hydrogen-bond acceptors (Lipinski definition) is 5. The van der Waals surface area contributed by atoms with Crippen LogP contribution in [0.4, 0.5) is 4.79 Å². The average molecular weight is 301 g/mol. The van der Waals surface area contributed by atoms with E-state index in [1.54, 1.807) is 0 Å². The van der Waals surface area contributed by atoms with Crippen LogP contribution in [-0.4, -0.2) is 63.0 Å². The molecule has 1 rings (SSSR count). The third-order valence-corrected chi connectivity index (χ3v) is 2.76. The van der Waals surface area contributed by atoms with Gasteiger partial charge in [-0.2, -0.15) is 0 Å². The molecule has 21 heavy (non-hydrogen) atoms. The number of rotatable bonds is 6. The Balaban J connectivity index is 2.69. The zero-order valence-corrected chi connectivity index (χ0v) is 11.4. The molecule has 0 aromatic rings. The van der Waals surface area contributed by atoms with Crippen LogP contribution in [0.5, 0.6) is 0 Å². The molecule has 4 N–H and O–H groups in total. The average Bonchev–Trinajstić information content (AvgIpc) is 2.50. The van der Waals surface area contributed by atoms with Gasteiger partial charge in [0.1, 0.15) is 18.1 Å². The summed E-state index contributed by atoms with van der Waals surface area (Å²) in [4.78, 5) is 56.9. The number of carbonyl (C=O) groups is 5. The molecular formula is C11H15N3O7. The quantitative estimate of drug-likeness (QED) is 0.429. The lowest BCUT2D eigenvalue weighted by atomic mass is 10.1. The Kier molecular flexibility index (Phi) is 4.51. The number of nitrogens with zero attached hydrogens (tertiary/aromatic N) is 1. The van der Waals surface area contributed by atoms with E-state index < -0.39 is 54.3 Å². The van der Waals surface area contributed by atoms with Crippen molar-refractivity contribution in [2.75, 3.05) is 6.54 Å². The number of hydrogen-bond donors (Lipinski definition) is 4. The van der Waals surface area contributed by atoms with Crippen LogP contribution in [0.3, 0.4) is 0 Å². The first kappa shape index (κ1) is 16.4. The third-order valence-electron chi connectivity index (χ3n) is 2.76. The molecule has 10 heteroatoms. The molecule has 1 aliphatic heterocycles. The lowest BCUT2D eigenvalue weighted by Gasteiger charge is -2.17. The van der Waals surface area contributed by atoms with Gasteiger partial charge in [-0.1, -0.05) is 0 Å². The van der Waals surface area contributed by atoms with Crippen molar-refractivity contribution in [1.29, 1.82) is 0 Å². The van der Waals surface area contributed by atoms with E-state index in [1.165, 1.54) is 13.8 Å². The molecule has 0 spiro atoms. The molecule has 0 saturated carbocycles. The highest BCUT2D eigenvalue weighted by atomic mass is 16.4. The zero-order chi connectivity index (χ0) is 16.4. The van der Waals surface area contributed by atoms with Crippen molar-refractivity contribution in [3.05, 3.63) is 0 Å². The summed E-state index contributed by atoms with van der Waals surface area (Å²) in [5, 5.41) is 21.6. The number of amides is 4. The second-order valence-corrected chi connectivity index (χ2v) is 5.00. The minimum absolute atomic E-state index is 0.632. The number of carboxylic acid groups (broad SMARTS) is 2. The predicted octanol–water partition coefficient (Wildman–Crippen LogP) is -1.64. The van der Waals surface area contributed by atoms with Crippen molar-refractivity contribution < 1.29 is 34.2 Å². The number of imide groups is 1. The Morgan fingerprint density at radius 3 is 2.24 bits per heavy atom. The van der Waals surface area contributed by atoms with Gasteiger partial charge in [0.05, 0.1) is 6.42 Å². The fourth-order valence-electron chi connectivity index (χ4n) is 1.72. The van der Waals surface area contributed by atoms with Crippen molar-refractivity contribution in [1.82, 2.24) is 15.5 Å². The van der Waals surface area contributed by atoms with E-state index in [0.29, 0.717) is 4.90 Å². The smallest absolute Gasteiger partial charge is 0.326 e. The standard InChI is InChI=1S/C11H15N3O7/c1-11(2)9(20)14(10(21)13-11)4-6(15)12-5(8(18)19)3-7(16)17/h5H,3-4H2,1-2H3,(H,12,15)(H,13,21)(H,16,17)(H,18,19). The fraction of sp³-hybridized carbons (Fsp3) is 0.545. The van der Waals surface area contributed by atoms with Gasteiger partial charge in [0.25, 0.3) is 5.91 Å². The molecule has 0 aromatic carbocycles. The fourth-order valence-corrected chi connectivity index (χ4v) is 1.72. The number of urea groups is 1. The van der Waals surface area contributed by atoms with Crippen LogP contribution in [0.25, 0.3) is 0 Å². The van der Waals surface area contributed by atoms with E-state index >= 15 is 0 Å². The molecule has 1 atom stereocenters. The van der Waals surface area contributed by atoms with Crippen LogP contribution in [-0.2, 0) is 19.2 Å². The van der Waals surface area contributed by atoms with E-state index in [0.717, 1.165) is 0 Å². The summed E-state index contributed by atoms with van der Waals surface area (Å²) < 4.78 is 0. The lowest BCUT2D eigenvalue weighted by Crippen LogP contribution is -2.48. The summed E-state index contributed by atoms with van der Waals surface area (Å²) in [5.41, 5.74) is -1.15. The second-order valence-electron chi connectivity index (χ2n) is 5.00. The van der Waals surface area contributed by atoms with E-state index in [1.807, 2.05) is 5.32 Å². The Bertz CT molecular complexity index is 514. The highest BCUT2D eigenvalue weighted by Crippen LogP contribution is 2.15. The van der Waals surface area contributed by atoms with Crippen LogP contribution in [0.1, 0.15) is 20.3 Å². The number of carboxylic acids is 2. The Hall–Kier alpha value is -2.65.